The van der Waals surface area contributed by atoms with Gasteiger partial charge in [-0.25, -0.2) is 22.8 Å². The van der Waals surface area contributed by atoms with Crippen molar-refractivity contribution in [2.75, 3.05) is 0 Å². The SMILES string of the molecule is Cc1ccccc1-c1n(-c2c(C(C)C)cc(C(C)C)cc2C(C)(C)C)cc[n+]1C.Cc1ccccc1-c1n(-c2c(C(C)C)cccc2C(C)(C)C)cc[n+]1C.[2H]C(C)(C)c1cc(C([2H])(C)C)c(-n2cc[n+](C)c2-c2ccccc2C)c(C([2H])(C)C)c1.[2H]C(C)(C)c1cccc(C([2H])(C)C)c1-n1cc[n+](C)c1-c1ccccc1C.[2H]C([2H])c1c[n+](C)c(-c2ccc(C([2H])([2H])[2H])cc2C)cc1C(C)(C)C. The molecule has 9 heteroatoms. The summed E-state index contributed by atoms with van der Waals surface area (Å²) < 4.78 is 102. The van der Waals surface area contributed by atoms with Crippen LogP contribution >= 0.6 is 0 Å². The Morgan fingerprint density at radius 2 is 0.625 bits per heavy atom. The first-order valence-electron chi connectivity index (χ1n) is 51.0. The van der Waals surface area contributed by atoms with Crippen molar-refractivity contribution in [3.8, 4) is 79.6 Å². The number of aromatic nitrogens is 9. The number of imidazole rings is 4. The fraction of sp³-hybridized carbons (Fsp3) is 0.403. The molecule has 14 aromatic rings. The lowest BCUT2D eigenvalue weighted by molar-refractivity contribution is -0.660. The molecule has 0 bridgehead atoms. The minimum Gasteiger partial charge on any atom is -0.232 e. The molecule has 9 aromatic carbocycles. The van der Waals surface area contributed by atoms with Gasteiger partial charge in [0, 0.05) is 75.4 Å². The second kappa shape index (κ2) is 41.2. The van der Waals surface area contributed by atoms with Gasteiger partial charge in [0.05, 0.1) is 50.4 Å². The van der Waals surface area contributed by atoms with Crippen LogP contribution in [0.4, 0.5) is 0 Å². The Hall–Kier alpha value is -11.0. The van der Waals surface area contributed by atoms with Crippen LogP contribution in [0.2, 0.25) is 0 Å². The fourth-order valence-electron chi connectivity index (χ4n) is 17.5. The van der Waals surface area contributed by atoms with Gasteiger partial charge in [0.2, 0.25) is 5.69 Å². The average molecular weight is 1720 g/mol. The normalized spacial score (nSPS) is 13.6. The maximum atomic E-state index is 8.95. The molecule has 5 heterocycles. The molecule has 128 heavy (non-hydrogen) atoms. The van der Waals surface area contributed by atoms with Crippen LogP contribution in [0.3, 0.4) is 0 Å². The second-order valence-electron chi connectivity index (χ2n) is 40.4. The number of rotatable bonds is 17. The molecule has 0 aliphatic carbocycles. The molecule has 0 N–H and O–H groups in total. The highest BCUT2D eigenvalue weighted by Gasteiger charge is 2.36. The van der Waals surface area contributed by atoms with E-state index in [1.165, 1.54) is 84.2 Å². The predicted molar refractivity (Wildman–Crippen MR) is 545 cm³/mol. The van der Waals surface area contributed by atoms with Crippen molar-refractivity contribution < 1.29 is 36.5 Å². The van der Waals surface area contributed by atoms with Gasteiger partial charge in [-0.2, -0.15) is 18.3 Å². The maximum absolute atomic E-state index is 8.95. The highest BCUT2D eigenvalue weighted by Crippen LogP contribution is 2.43. The Kier molecular flexibility index (Phi) is 27.4. The molecule has 0 aliphatic heterocycles. The Balaban J connectivity index is 0.000000178. The molecule has 0 saturated heterocycles. The molecule has 0 fully saturated rings. The highest BCUT2D eigenvalue weighted by atomic mass is 15.2. The summed E-state index contributed by atoms with van der Waals surface area (Å²) in [5.41, 5.74) is 30.3. The van der Waals surface area contributed by atoms with E-state index in [4.69, 9.17) is 13.7 Å². The van der Waals surface area contributed by atoms with E-state index in [1.807, 2.05) is 194 Å². The van der Waals surface area contributed by atoms with Gasteiger partial charge in [-0.05, 0) is 187 Å². The summed E-state index contributed by atoms with van der Waals surface area (Å²) in [5, 5.41) is 0. The lowest BCUT2D eigenvalue weighted by Gasteiger charge is -2.27. The van der Waals surface area contributed by atoms with Crippen molar-refractivity contribution >= 4 is 0 Å². The molecule has 5 aromatic heterocycles. The molecule has 0 aliphatic rings. The van der Waals surface area contributed by atoms with Crippen molar-refractivity contribution in [3.63, 3.8) is 0 Å². The van der Waals surface area contributed by atoms with Crippen molar-refractivity contribution in [1.82, 2.24) is 18.3 Å². The predicted octanol–water partition coefficient (Wildman–Crippen LogP) is 29.1. The Bertz CT molecular complexity index is 6590. The van der Waals surface area contributed by atoms with Gasteiger partial charge in [0.25, 0.3) is 23.3 Å². The minimum atomic E-state index is -2.12. The van der Waals surface area contributed by atoms with E-state index in [0.29, 0.717) is 28.9 Å². The minimum absolute atomic E-state index is 0.0513. The van der Waals surface area contributed by atoms with Gasteiger partial charge >= 0.3 is 0 Å². The molecule has 0 unspecified atom stereocenters. The van der Waals surface area contributed by atoms with Gasteiger partial charge < -0.3 is 0 Å². The van der Waals surface area contributed by atoms with Gasteiger partial charge in [-0.3, -0.25) is 0 Å². The van der Waals surface area contributed by atoms with Crippen LogP contribution in [0.25, 0.3) is 79.6 Å². The molecule has 0 atom stereocenters. The molecule has 14 rings (SSSR count). The van der Waals surface area contributed by atoms with Gasteiger partial charge in [-0.15, -0.1) is 0 Å². The van der Waals surface area contributed by atoms with E-state index in [1.54, 1.807) is 12.1 Å². The number of hydrogen-bond acceptors (Lipinski definition) is 0. The molecule has 0 spiro atoms. The van der Waals surface area contributed by atoms with E-state index < -0.39 is 43.2 Å². The standard InChI is InChI=1S/C27H37N2.C26H35N2.C24H31N2.C23H29N2.C19H26N/c1-18(2)21-16-23(19(3)4)25(24(17-21)27(6,7)8)29-15-14-28(9)26(29)22-13-11-10-12-20(22)5;1-17(2)21-15-23(18(3)4)25(24(16-21)19(5)6)28-14-13-27(8)26(28)22-12-10-9-11-20(22)7;1-17(2)19-13-10-14-21(24(4,5)6)22(19)26-16-15-25(7)23(26)20-12-9-8-11-18(20)3;1-16(2)19-12-9-13-20(17(3)4)22(19)25-15-14-24(6)23(25)21-11-8-7-10-18(21)5;1-13-8-9-16(14(2)10-13)18-11-17(19(4,5)6)15(3)12-20(18)7/h10-19H,1-9H3;9-19H,1-8H3;8-17H,1-7H3;7-17H,1-6H3;8-12H,1-7H3/q5*+1/i;17D,18D,19D;;16D,17D;1D3,3D2. The lowest BCUT2D eigenvalue weighted by Crippen LogP contribution is -2.33. The molecule has 9 nitrogen and oxygen atoms in total. The van der Waals surface area contributed by atoms with Crippen LogP contribution in [0.15, 0.2) is 238 Å². The van der Waals surface area contributed by atoms with E-state index >= 15 is 0 Å². The number of benzene rings is 9. The number of hydrogen-bond donors (Lipinski definition) is 0. The van der Waals surface area contributed by atoms with Crippen LogP contribution in [-0.4, -0.2) is 18.3 Å². The van der Waals surface area contributed by atoms with Gasteiger partial charge in [0.1, 0.15) is 79.4 Å². The summed E-state index contributed by atoms with van der Waals surface area (Å²) in [6.45, 7) is 60.1. The second-order valence-corrected chi connectivity index (χ2v) is 40.4. The first-order valence-corrected chi connectivity index (χ1v) is 45.9. The summed E-state index contributed by atoms with van der Waals surface area (Å²) in [4.78, 5) is 0. The number of nitrogens with zero attached hydrogens (tertiary/aromatic N) is 9. The molecular formula is C119H158N9+5. The number of pyridine rings is 1. The zero-order valence-electron chi connectivity index (χ0n) is 94.4. The monoisotopic (exact) mass is 1720 g/mol. The zero-order valence-corrected chi connectivity index (χ0v) is 84.4. The summed E-state index contributed by atoms with van der Waals surface area (Å²) in [7, 11) is 10.2. The van der Waals surface area contributed by atoms with Crippen LogP contribution in [0, 0.1) is 48.3 Å². The van der Waals surface area contributed by atoms with E-state index in [0.717, 1.165) is 84.4 Å². The van der Waals surface area contributed by atoms with Crippen LogP contribution in [0.5, 0.6) is 0 Å². The number of para-hydroxylation sites is 2. The average Bonchev–Trinajstić information content (AvgIpc) is 1.32. The van der Waals surface area contributed by atoms with E-state index in [-0.39, 0.29) is 16.2 Å². The summed E-state index contributed by atoms with van der Waals surface area (Å²) in [6.07, 6.45) is 18.7. The Morgan fingerprint density at radius 1 is 0.281 bits per heavy atom. The third-order valence-electron chi connectivity index (χ3n) is 24.8. The number of aryl methyl sites for hydroxylation is 12. The van der Waals surface area contributed by atoms with Crippen LogP contribution in [0.1, 0.15) is 334 Å². The fourth-order valence-corrected chi connectivity index (χ4v) is 17.5. The Morgan fingerprint density at radius 3 is 0.953 bits per heavy atom. The third-order valence-corrected chi connectivity index (χ3v) is 24.8. The summed E-state index contributed by atoms with van der Waals surface area (Å²) in [6, 6.07) is 62.8. The summed E-state index contributed by atoms with van der Waals surface area (Å²) in [5.74, 6) is 1.76. The van der Waals surface area contributed by atoms with E-state index in [2.05, 4.69) is 316 Å². The van der Waals surface area contributed by atoms with Crippen molar-refractivity contribution in [1.29, 1.82) is 0 Å². The largest absolute Gasteiger partial charge is 0.294 e. The van der Waals surface area contributed by atoms with Crippen molar-refractivity contribution in [3.05, 3.63) is 338 Å². The van der Waals surface area contributed by atoms with Crippen molar-refractivity contribution in [2.45, 2.75) is 285 Å². The Labute approximate surface area is 788 Å². The topological polar surface area (TPSA) is 39.1 Å². The molecule has 0 saturated carbocycles. The molecule has 0 radical (unpaired) electrons. The van der Waals surface area contributed by atoms with Crippen molar-refractivity contribution in [2.24, 2.45) is 35.2 Å². The first-order chi connectivity index (χ1) is 63.7. The zero-order chi connectivity index (χ0) is 103. The molecule has 674 valence electrons. The molecule has 0 amide bonds. The van der Waals surface area contributed by atoms with Crippen LogP contribution in [-0.2, 0) is 51.5 Å². The quantitative estimate of drug-likeness (QED) is 0.0815. The van der Waals surface area contributed by atoms with Gasteiger partial charge in [-0.1, -0.05) is 324 Å². The maximum Gasteiger partial charge on any atom is 0.294 e. The third kappa shape index (κ3) is 22.1. The highest BCUT2D eigenvalue weighted by molar-refractivity contribution is 5.69. The van der Waals surface area contributed by atoms with Gasteiger partial charge in [0.15, 0.2) is 6.20 Å². The van der Waals surface area contributed by atoms with Crippen LogP contribution < -0.4 is 22.8 Å². The first kappa shape index (κ1) is 85.1. The lowest BCUT2D eigenvalue weighted by atomic mass is 9.80. The smallest absolute Gasteiger partial charge is 0.232 e. The van der Waals surface area contributed by atoms with E-state index in [9.17, 15) is 0 Å². The summed E-state index contributed by atoms with van der Waals surface area (Å²) >= 11 is 0. The molecular weight excluding hydrogens is 1560 g/mol.